The molecule has 0 heterocycles. The molecule has 0 saturated heterocycles. The van der Waals surface area contributed by atoms with Gasteiger partial charge >= 0.3 is 5.97 Å². The first kappa shape index (κ1) is 17.0. The van der Waals surface area contributed by atoms with E-state index in [2.05, 4.69) is 6.92 Å². The number of carbonyl (C=O) groups excluding carboxylic acids is 1. The van der Waals surface area contributed by atoms with E-state index < -0.39 is 5.97 Å². The number of rotatable bonds is 9. The fraction of sp³-hybridized carbons (Fsp3) is 0.500. The average molecular weight is 293 g/mol. The zero-order valence-corrected chi connectivity index (χ0v) is 12.7. The van der Waals surface area contributed by atoms with Crippen LogP contribution in [-0.4, -0.2) is 42.1 Å². The van der Waals surface area contributed by atoms with Gasteiger partial charge in [-0.15, -0.1) is 0 Å². The van der Waals surface area contributed by atoms with Crippen LogP contribution in [0.5, 0.6) is 5.75 Å². The minimum absolute atomic E-state index is 0.0398. The summed E-state index contributed by atoms with van der Waals surface area (Å²) in [6, 6.07) is 6.93. The van der Waals surface area contributed by atoms with Crippen molar-refractivity contribution in [2.75, 3.05) is 20.2 Å². The number of ether oxygens (including phenoxy) is 1. The molecule has 0 aliphatic carbocycles. The van der Waals surface area contributed by atoms with Gasteiger partial charge in [0.2, 0.25) is 0 Å². The third-order valence-corrected chi connectivity index (χ3v) is 3.23. The Labute approximate surface area is 125 Å². The Kier molecular flexibility index (Phi) is 7.29. The minimum Gasteiger partial charge on any atom is -0.497 e. The number of carbonyl (C=O) groups is 2. The molecule has 5 heteroatoms. The molecule has 0 aromatic heterocycles. The van der Waals surface area contributed by atoms with Crippen molar-refractivity contribution in [3.8, 4) is 5.75 Å². The molecule has 5 nitrogen and oxygen atoms in total. The van der Waals surface area contributed by atoms with Crippen molar-refractivity contribution in [3.05, 3.63) is 29.8 Å². The van der Waals surface area contributed by atoms with Crippen molar-refractivity contribution >= 4 is 11.9 Å². The highest BCUT2D eigenvalue weighted by Gasteiger charge is 2.16. The second kappa shape index (κ2) is 9.00. The van der Waals surface area contributed by atoms with Crippen LogP contribution in [-0.2, 0) is 4.79 Å². The van der Waals surface area contributed by atoms with Gasteiger partial charge in [-0.1, -0.05) is 25.8 Å². The molecule has 0 bridgehead atoms. The Morgan fingerprint density at radius 1 is 1.24 bits per heavy atom. The number of hydrogen-bond acceptors (Lipinski definition) is 3. The quantitative estimate of drug-likeness (QED) is 0.711. The first-order valence-corrected chi connectivity index (χ1v) is 7.23. The standard InChI is InChI=1S/C16H23NO4/c1-3-4-5-10-17(11-9-15(18)19)16(20)13-7-6-8-14(12-13)21-2/h6-8,12H,3-5,9-11H2,1-2H3,(H,18,19). The summed E-state index contributed by atoms with van der Waals surface area (Å²) in [7, 11) is 1.55. The number of carboxylic acids is 1. The van der Waals surface area contributed by atoms with E-state index in [-0.39, 0.29) is 18.9 Å². The maximum atomic E-state index is 12.5. The monoisotopic (exact) mass is 293 g/mol. The van der Waals surface area contributed by atoms with E-state index in [4.69, 9.17) is 9.84 Å². The molecule has 0 aliphatic heterocycles. The predicted molar refractivity (Wildman–Crippen MR) is 80.7 cm³/mol. The normalized spacial score (nSPS) is 10.2. The maximum Gasteiger partial charge on any atom is 0.305 e. The third kappa shape index (κ3) is 5.85. The molecule has 0 fully saturated rings. The second-order valence-corrected chi connectivity index (χ2v) is 4.88. The summed E-state index contributed by atoms with van der Waals surface area (Å²) >= 11 is 0. The first-order valence-electron chi connectivity index (χ1n) is 7.23. The first-order chi connectivity index (χ1) is 10.1. The van der Waals surface area contributed by atoms with Crippen LogP contribution in [0, 0.1) is 0 Å². The lowest BCUT2D eigenvalue weighted by Gasteiger charge is -2.22. The van der Waals surface area contributed by atoms with Gasteiger partial charge in [-0.2, -0.15) is 0 Å². The van der Waals surface area contributed by atoms with Crippen LogP contribution in [0.2, 0.25) is 0 Å². The lowest BCUT2D eigenvalue weighted by Crippen LogP contribution is -2.34. The Morgan fingerprint density at radius 3 is 2.62 bits per heavy atom. The molecule has 0 spiro atoms. The number of aliphatic carboxylic acids is 1. The summed E-state index contributed by atoms with van der Waals surface area (Å²) in [6.07, 6.45) is 2.92. The van der Waals surface area contributed by atoms with E-state index in [0.29, 0.717) is 17.9 Å². The van der Waals surface area contributed by atoms with Gasteiger partial charge in [0, 0.05) is 18.7 Å². The van der Waals surface area contributed by atoms with Gasteiger partial charge in [0.25, 0.3) is 5.91 Å². The van der Waals surface area contributed by atoms with E-state index in [1.807, 2.05) is 0 Å². The van der Waals surface area contributed by atoms with E-state index in [9.17, 15) is 9.59 Å². The lowest BCUT2D eigenvalue weighted by atomic mass is 10.1. The summed E-state index contributed by atoms with van der Waals surface area (Å²) in [5, 5.41) is 8.81. The number of methoxy groups -OCH3 is 1. The summed E-state index contributed by atoms with van der Waals surface area (Å²) in [5.74, 6) is -0.423. The van der Waals surface area contributed by atoms with E-state index in [1.165, 1.54) is 0 Å². The molecule has 0 unspecified atom stereocenters. The number of unbranched alkanes of at least 4 members (excludes halogenated alkanes) is 2. The molecule has 1 aromatic rings. The highest BCUT2D eigenvalue weighted by Crippen LogP contribution is 2.15. The molecular weight excluding hydrogens is 270 g/mol. The topological polar surface area (TPSA) is 66.8 Å². The molecule has 21 heavy (non-hydrogen) atoms. The smallest absolute Gasteiger partial charge is 0.305 e. The molecule has 1 amide bonds. The van der Waals surface area contributed by atoms with Crippen molar-refractivity contribution in [2.45, 2.75) is 32.6 Å². The fourth-order valence-electron chi connectivity index (χ4n) is 2.04. The SMILES string of the molecule is CCCCCN(CCC(=O)O)C(=O)c1cccc(OC)c1. The van der Waals surface area contributed by atoms with Crippen LogP contribution in [0.15, 0.2) is 24.3 Å². The highest BCUT2D eigenvalue weighted by molar-refractivity contribution is 5.94. The lowest BCUT2D eigenvalue weighted by molar-refractivity contribution is -0.137. The maximum absolute atomic E-state index is 12.5. The molecular formula is C16H23NO4. The second-order valence-electron chi connectivity index (χ2n) is 4.88. The van der Waals surface area contributed by atoms with Crippen LogP contribution in [0.4, 0.5) is 0 Å². The van der Waals surface area contributed by atoms with Gasteiger partial charge in [0.15, 0.2) is 0 Å². The molecule has 1 N–H and O–H groups in total. The van der Waals surface area contributed by atoms with Crippen LogP contribution >= 0.6 is 0 Å². The van der Waals surface area contributed by atoms with Gasteiger partial charge < -0.3 is 14.7 Å². The number of hydrogen-bond donors (Lipinski definition) is 1. The number of benzene rings is 1. The van der Waals surface area contributed by atoms with Gasteiger partial charge in [-0.3, -0.25) is 9.59 Å². The molecule has 0 radical (unpaired) electrons. The Morgan fingerprint density at radius 2 is 2.00 bits per heavy atom. The van der Waals surface area contributed by atoms with Gasteiger partial charge in [0.05, 0.1) is 13.5 Å². The van der Waals surface area contributed by atoms with Gasteiger partial charge in [-0.25, -0.2) is 0 Å². The van der Waals surface area contributed by atoms with Gasteiger partial charge in [-0.05, 0) is 24.6 Å². The summed E-state index contributed by atoms with van der Waals surface area (Å²) < 4.78 is 5.12. The predicted octanol–water partition coefficient (Wildman–Crippen LogP) is 2.80. The molecule has 0 aliphatic rings. The van der Waals surface area contributed by atoms with Crippen LogP contribution < -0.4 is 4.74 Å². The van der Waals surface area contributed by atoms with Gasteiger partial charge in [0.1, 0.15) is 5.75 Å². The molecule has 0 saturated carbocycles. The summed E-state index contributed by atoms with van der Waals surface area (Å²) in [6.45, 7) is 2.90. The Balaban J connectivity index is 2.78. The summed E-state index contributed by atoms with van der Waals surface area (Å²) in [5.41, 5.74) is 0.524. The molecule has 1 aromatic carbocycles. The van der Waals surface area contributed by atoms with Crippen molar-refractivity contribution in [1.29, 1.82) is 0 Å². The molecule has 1 rings (SSSR count). The highest BCUT2D eigenvalue weighted by atomic mass is 16.5. The number of nitrogens with zero attached hydrogens (tertiary/aromatic N) is 1. The van der Waals surface area contributed by atoms with Crippen LogP contribution in [0.25, 0.3) is 0 Å². The van der Waals surface area contributed by atoms with Crippen molar-refractivity contribution in [3.63, 3.8) is 0 Å². The zero-order chi connectivity index (χ0) is 15.7. The number of carboxylic acid groups (broad SMARTS) is 1. The third-order valence-electron chi connectivity index (χ3n) is 3.23. The van der Waals surface area contributed by atoms with Crippen molar-refractivity contribution in [2.24, 2.45) is 0 Å². The van der Waals surface area contributed by atoms with Crippen LogP contribution in [0.3, 0.4) is 0 Å². The molecule has 116 valence electrons. The fourth-order valence-corrected chi connectivity index (χ4v) is 2.04. The average Bonchev–Trinajstić information content (AvgIpc) is 2.50. The molecule has 0 atom stereocenters. The van der Waals surface area contributed by atoms with Crippen LogP contribution in [0.1, 0.15) is 43.0 Å². The van der Waals surface area contributed by atoms with E-state index in [0.717, 1.165) is 19.3 Å². The minimum atomic E-state index is -0.895. The van der Waals surface area contributed by atoms with Crippen molar-refractivity contribution in [1.82, 2.24) is 4.90 Å². The zero-order valence-electron chi connectivity index (χ0n) is 12.7. The Hall–Kier alpha value is -2.04. The van der Waals surface area contributed by atoms with Crippen molar-refractivity contribution < 1.29 is 19.4 Å². The summed E-state index contributed by atoms with van der Waals surface area (Å²) in [4.78, 5) is 24.8. The van der Waals surface area contributed by atoms with E-state index in [1.54, 1.807) is 36.3 Å². The van der Waals surface area contributed by atoms with E-state index >= 15 is 0 Å². The largest absolute Gasteiger partial charge is 0.497 e. The Bertz CT molecular complexity index is 473. The number of amides is 1.